The van der Waals surface area contributed by atoms with Crippen molar-refractivity contribution >= 4 is 5.91 Å². The molecule has 0 aromatic heterocycles. The number of methoxy groups -OCH3 is 1. The van der Waals surface area contributed by atoms with Crippen LogP contribution in [0.4, 0.5) is 0 Å². The van der Waals surface area contributed by atoms with Crippen LogP contribution >= 0.6 is 0 Å². The maximum atomic E-state index is 12.1. The van der Waals surface area contributed by atoms with Crippen molar-refractivity contribution in [2.75, 3.05) is 20.3 Å². The maximum Gasteiger partial charge on any atom is 0.223 e. The summed E-state index contributed by atoms with van der Waals surface area (Å²) in [7, 11) is 1.68. The number of carbonyl (C=O) groups is 1. The van der Waals surface area contributed by atoms with Crippen molar-refractivity contribution in [1.82, 2.24) is 4.90 Å². The first-order valence-electron chi connectivity index (χ1n) is 6.83. The van der Waals surface area contributed by atoms with Crippen LogP contribution in [0.1, 0.15) is 30.9 Å². The van der Waals surface area contributed by atoms with Crippen LogP contribution in [0.3, 0.4) is 0 Å². The Morgan fingerprint density at radius 1 is 1.37 bits per heavy atom. The second kappa shape index (κ2) is 6.68. The van der Waals surface area contributed by atoms with Crippen molar-refractivity contribution < 1.29 is 9.53 Å². The van der Waals surface area contributed by atoms with Gasteiger partial charge in [-0.25, -0.2) is 0 Å². The third kappa shape index (κ3) is 3.33. The standard InChI is InChI=1S/C15H22N2O2/c1-19-11-5-10-17-14(18)9-8-13(16)15(17)12-6-3-2-4-7-12/h2-4,6-7,13,15H,5,8-11,16H2,1H3. The van der Waals surface area contributed by atoms with Crippen LogP contribution in [0.5, 0.6) is 0 Å². The van der Waals surface area contributed by atoms with E-state index in [4.69, 9.17) is 10.5 Å². The molecule has 19 heavy (non-hydrogen) atoms. The van der Waals surface area contributed by atoms with Crippen molar-refractivity contribution in [3.8, 4) is 0 Å². The number of piperidine rings is 1. The van der Waals surface area contributed by atoms with Gasteiger partial charge in [-0.05, 0) is 18.4 Å². The molecule has 0 aliphatic carbocycles. The van der Waals surface area contributed by atoms with E-state index in [0.717, 1.165) is 18.4 Å². The van der Waals surface area contributed by atoms with E-state index in [9.17, 15) is 4.79 Å². The fraction of sp³-hybridized carbons (Fsp3) is 0.533. The van der Waals surface area contributed by atoms with Crippen LogP contribution in [0.15, 0.2) is 30.3 Å². The molecule has 1 aromatic rings. The van der Waals surface area contributed by atoms with Gasteiger partial charge in [0.05, 0.1) is 6.04 Å². The normalized spacial score (nSPS) is 23.7. The number of hydrogen-bond donors (Lipinski definition) is 1. The van der Waals surface area contributed by atoms with E-state index in [1.807, 2.05) is 35.2 Å². The number of ether oxygens (including phenoxy) is 1. The van der Waals surface area contributed by atoms with E-state index >= 15 is 0 Å². The maximum absolute atomic E-state index is 12.1. The molecule has 1 heterocycles. The fourth-order valence-electron chi connectivity index (χ4n) is 2.70. The summed E-state index contributed by atoms with van der Waals surface area (Å²) in [4.78, 5) is 14.1. The Bertz CT molecular complexity index is 408. The van der Waals surface area contributed by atoms with Crippen molar-refractivity contribution in [3.63, 3.8) is 0 Å². The summed E-state index contributed by atoms with van der Waals surface area (Å²) in [5.41, 5.74) is 7.37. The number of hydrogen-bond acceptors (Lipinski definition) is 3. The molecule has 1 amide bonds. The second-order valence-electron chi connectivity index (χ2n) is 4.99. The molecule has 2 rings (SSSR count). The summed E-state index contributed by atoms with van der Waals surface area (Å²) >= 11 is 0. The number of rotatable bonds is 5. The molecule has 104 valence electrons. The number of likely N-dealkylation sites (tertiary alicyclic amines) is 1. The van der Waals surface area contributed by atoms with Crippen LogP contribution in [0.2, 0.25) is 0 Å². The summed E-state index contributed by atoms with van der Waals surface area (Å²) in [5.74, 6) is 0.201. The predicted molar refractivity (Wildman–Crippen MR) is 74.6 cm³/mol. The summed E-state index contributed by atoms with van der Waals surface area (Å²) in [6.45, 7) is 1.38. The van der Waals surface area contributed by atoms with Gasteiger partial charge in [-0.1, -0.05) is 30.3 Å². The van der Waals surface area contributed by atoms with Crippen LogP contribution in [0.25, 0.3) is 0 Å². The first kappa shape index (κ1) is 14.0. The molecule has 0 saturated carbocycles. The smallest absolute Gasteiger partial charge is 0.223 e. The molecular formula is C15H22N2O2. The zero-order chi connectivity index (χ0) is 13.7. The van der Waals surface area contributed by atoms with Crippen molar-refractivity contribution in [2.24, 2.45) is 5.73 Å². The zero-order valence-electron chi connectivity index (χ0n) is 11.4. The zero-order valence-corrected chi connectivity index (χ0v) is 11.4. The Kier molecular flexibility index (Phi) is 4.93. The van der Waals surface area contributed by atoms with Gasteiger partial charge in [-0.2, -0.15) is 0 Å². The minimum atomic E-state index is -0.000642. The quantitative estimate of drug-likeness (QED) is 0.822. The van der Waals surface area contributed by atoms with Gasteiger partial charge in [0.25, 0.3) is 0 Å². The topological polar surface area (TPSA) is 55.6 Å². The van der Waals surface area contributed by atoms with Crippen LogP contribution < -0.4 is 5.73 Å². The van der Waals surface area contributed by atoms with Gasteiger partial charge in [-0.3, -0.25) is 4.79 Å². The van der Waals surface area contributed by atoms with Gasteiger partial charge in [-0.15, -0.1) is 0 Å². The molecule has 2 N–H and O–H groups in total. The minimum absolute atomic E-state index is 0.000642. The molecule has 0 bridgehead atoms. The van der Waals surface area contributed by atoms with Crippen molar-refractivity contribution in [3.05, 3.63) is 35.9 Å². The largest absolute Gasteiger partial charge is 0.385 e. The van der Waals surface area contributed by atoms with E-state index in [2.05, 4.69) is 0 Å². The number of nitrogens with two attached hydrogens (primary N) is 1. The number of benzene rings is 1. The van der Waals surface area contributed by atoms with Gasteiger partial charge in [0.2, 0.25) is 5.91 Å². The highest BCUT2D eigenvalue weighted by Crippen LogP contribution is 2.30. The SMILES string of the molecule is COCCCN1C(=O)CCC(N)C1c1ccccc1. The van der Waals surface area contributed by atoms with Gasteiger partial charge in [0.1, 0.15) is 0 Å². The van der Waals surface area contributed by atoms with Gasteiger partial charge < -0.3 is 15.4 Å². The van der Waals surface area contributed by atoms with Crippen molar-refractivity contribution in [2.45, 2.75) is 31.3 Å². The second-order valence-corrected chi connectivity index (χ2v) is 4.99. The molecule has 2 atom stereocenters. The third-order valence-corrected chi connectivity index (χ3v) is 3.64. The third-order valence-electron chi connectivity index (χ3n) is 3.64. The molecule has 1 aromatic carbocycles. The van der Waals surface area contributed by atoms with Crippen LogP contribution in [-0.4, -0.2) is 37.1 Å². The first-order chi connectivity index (χ1) is 9.24. The summed E-state index contributed by atoms with van der Waals surface area (Å²) < 4.78 is 5.07. The Morgan fingerprint density at radius 2 is 2.11 bits per heavy atom. The van der Waals surface area contributed by atoms with Crippen molar-refractivity contribution in [1.29, 1.82) is 0 Å². The fourth-order valence-corrected chi connectivity index (χ4v) is 2.70. The van der Waals surface area contributed by atoms with E-state index in [1.165, 1.54) is 0 Å². The molecule has 1 fully saturated rings. The first-order valence-corrected chi connectivity index (χ1v) is 6.83. The molecule has 4 heteroatoms. The molecular weight excluding hydrogens is 240 g/mol. The molecule has 4 nitrogen and oxygen atoms in total. The van der Waals surface area contributed by atoms with Gasteiger partial charge in [0, 0.05) is 32.7 Å². The highest BCUT2D eigenvalue weighted by atomic mass is 16.5. The summed E-state index contributed by atoms with van der Waals surface area (Å²) in [5, 5.41) is 0. The van der Waals surface area contributed by atoms with E-state index in [1.54, 1.807) is 7.11 Å². The van der Waals surface area contributed by atoms with Crippen LogP contribution in [0, 0.1) is 0 Å². The lowest BCUT2D eigenvalue weighted by Gasteiger charge is -2.40. The number of carbonyl (C=O) groups excluding carboxylic acids is 1. The van der Waals surface area contributed by atoms with E-state index < -0.39 is 0 Å². The highest BCUT2D eigenvalue weighted by molar-refractivity contribution is 5.78. The number of nitrogens with zero attached hydrogens (tertiary/aromatic N) is 1. The molecule has 1 aliphatic heterocycles. The van der Waals surface area contributed by atoms with E-state index in [-0.39, 0.29) is 18.0 Å². The van der Waals surface area contributed by atoms with Gasteiger partial charge >= 0.3 is 0 Å². The lowest BCUT2D eigenvalue weighted by Crippen LogP contribution is -2.49. The minimum Gasteiger partial charge on any atom is -0.385 e. The summed E-state index contributed by atoms with van der Waals surface area (Å²) in [6, 6.07) is 10.1. The molecule has 1 aliphatic rings. The lowest BCUT2D eigenvalue weighted by molar-refractivity contribution is -0.137. The molecule has 0 spiro atoms. The average molecular weight is 262 g/mol. The lowest BCUT2D eigenvalue weighted by atomic mass is 9.90. The van der Waals surface area contributed by atoms with Gasteiger partial charge in [0.15, 0.2) is 0 Å². The molecule has 2 unspecified atom stereocenters. The Hall–Kier alpha value is -1.39. The Morgan fingerprint density at radius 3 is 2.79 bits per heavy atom. The monoisotopic (exact) mass is 262 g/mol. The Balaban J connectivity index is 2.16. The summed E-state index contributed by atoms with van der Waals surface area (Å²) in [6.07, 6.45) is 2.16. The predicted octanol–water partition coefficient (Wildman–Crippen LogP) is 1.71. The Labute approximate surface area is 114 Å². The average Bonchev–Trinajstić information content (AvgIpc) is 2.44. The highest BCUT2D eigenvalue weighted by Gasteiger charge is 2.34. The van der Waals surface area contributed by atoms with Crippen LogP contribution in [-0.2, 0) is 9.53 Å². The molecule has 0 radical (unpaired) electrons. The molecule has 1 saturated heterocycles. The van der Waals surface area contributed by atoms with E-state index in [0.29, 0.717) is 19.6 Å². The number of amides is 1.